The Kier molecular flexibility index (Phi) is 4.80. The van der Waals surface area contributed by atoms with Gasteiger partial charge in [-0.25, -0.2) is 9.37 Å². The van der Waals surface area contributed by atoms with E-state index in [-0.39, 0.29) is 10.6 Å². The van der Waals surface area contributed by atoms with Crippen molar-refractivity contribution in [2.24, 2.45) is 0 Å². The summed E-state index contributed by atoms with van der Waals surface area (Å²) in [4.78, 5) is 4.38. The second kappa shape index (κ2) is 6.41. The number of nitrogens with zero attached hydrogens (tertiary/aromatic N) is 1. The second-order valence-corrected chi connectivity index (χ2v) is 6.16. The molecule has 1 aromatic carbocycles. The van der Waals surface area contributed by atoms with Crippen LogP contribution in [0.3, 0.4) is 0 Å². The summed E-state index contributed by atoms with van der Waals surface area (Å²) in [6.45, 7) is 6.90. The average molecular weight is 309 g/mol. The molecule has 0 radical (unpaired) electrons. The van der Waals surface area contributed by atoms with Crippen LogP contribution in [0.5, 0.6) is 11.6 Å². The minimum atomic E-state index is -0.514. The molecule has 21 heavy (non-hydrogen) atoms. The number of aromatic nitrogens is 1. The van der Waals surface area contributed by atoms with E-state index >= 15 is 0 Å². The molecule has 0 atom stereocenters. The van der Waals surface area contributed by atoms with Crippen LogP contribution in [-0.4, -0.2) is 10.5 Å². The number of nitrogens with one attached hydrogen (secondary N) is 1. The first-order chi connectivity index (χ1) is 9.83. The third-order valence-corrected chi connectivity index (χ3v) is 3.00. The quantitative estimate of drug-likeness (QED) is 0.899. The smallest absolute Gasteiger partial charge is 0.219 e. The molecule has 112 valence electrons. The van der Waals surface area contributed by atoms with Gasteiger partial charge in [0.05, 0.1) is 10.7 Å². The third-order valence-electron chi connectivity index (χ3n) is 2.69. The van der Waals surface area contributed by atoms with Crippen molar-refractivity contribution >= 4 is 11.6 Å². The van der Waals surface area contributed by atoms with E-state index in [0.29, 0.717) is 18.2 Å². The maximum atomic E-state index is 13.4. The van der Waals surface area contributed by atoms with Crippen molar-refractivity contribution in [2.45, 2.75) is 32.9 Å². The van der Waals surface area contributed by atoms with E-state index in [4.69, 9.17) is 16.3 Å². The average Bonchev–Trinajstić information content (AvgIpc) is 2.40. The van der Waals surface area contributed by atoms with E-state index in [1.54, 1.807) is 12.1 Å². The van der Waals surface area contributed by atoms with Crippen molar-refractivity contribution in [1.29, 1.82) is 0 Å². The van der Waals surface area contributed by atoms with E-state index < -0.39 is 5.82 Å². The zero-order valence-electron chi connectivity index (χ0n) is 12.3. The molecule has 0 unspecified atom stereocenters. The first-order valence-corrected chi connectivity index (χ1v) is 7.05. The van der Waals surface area contributed by atoms with Crippen LogP contribution in [-0.2, 0) is 6.54 Å². The Bertz CT molecular complexity index is 626. The molecule has 5 heteroatoms. The molecule has 1 heterocycles. The first-order valence-electron chi connectivity index (χ1n) is 6.67. The molecule has 0 amide bonds. The summed E-state index contributed by atoms with van der Waals surface area (Å²) in [5.41, 5.74) is 0.870. The fraction of sp³-hybridized carbons (Fsp3) is 0.312. The van der Waals surface area contributed by atoms with Gasteiger partial charge >= 0.3 is 0 Å². The highest BCUT2D eigenvalue weighted by Gasteiger charge is 2.09. The van der Waals surface area contributed by atoms with E-state index in [1.807, 2.05) is 12.1 Å². The van der Waals surface area contributed by atoms with Crippen LogP contribution >= 0.6 is 11.6 Å². The highest BCUT2D eigenvalue weighted by Crippen LogP contribution is 2.24. The summed E-state index contributed by atoms with van der Waals surface area (Å²) in [7, 11) is 0. The molecule has 3 nitrogen and oxygen atoms in total. The number of ether oxygens (including phenoxy) is 1. The van der Waals surface area contributed by atoms with E-state index in [1.165, 1.54) is 12.1 Å². The lowest BCUT2D eigenvalue weighted by Crippen LogP contribution is -2.35. The number of hydrogen-bond acceptors (Lipinski definition) is 3. The van der Waals surface area contributed by atoms with Crippen molar-refractivity contribution < 1.29 is 9.13 Å². The van der Waals surface area contributed by atoms with Gasteiger partial charge < -0.3 is 10.1 Å². The fourth-order valence-corrected chi connectivity index (χ4v) is 1.75. The normalized spacial score (nSPS) is 11.5. The van der Waals surface area contributed by atoms with Crippen LogP contribution in [0.2, 0.25) is 5.02 Å². The maximum absolute atomic E-state index is 13.4. The standard InChI is InChI=1S/C16H18ClFN2O/c1-16(2,3)19-10-11-5-4-6-15(20-11)21-12-7-8-13(17)14(18)9-12/h4-9,19H,10H2,1-3H3. The largest absolute Gasteiger partial charge is 0.439 e. The van der Waals surface area contributed by atoms with Gasteiger partial charge in [-0.05, 0) is 39.0 Å². The Hall–Kier alpha value is -1.65. The van der Waals surface area contributed by atoms with Crippen LogP contribution in [0.1, 0.15) is 26.5 Å². The molecule has 2 aromatic rings. The molecule has 2 rings (SSSR count). The molecular formula is C16H18ClFN2O. The minimum absolute atomic E-state index is 0.0118. The molecule has 0 aliphatic heterocycles. The molecule has 0 bridgehead atoms. The summed E-state index contributed by atoms with van der Waals surface area (Å²) in [6.07, 6.45) is 0. The van der Waals surface area contributed by atoms with Crippen molar-refractivity contribution in [3.05, 3.63) is 52.9 Å². The number of pyridine rings is 1. The van der Waals surface area contributed by atoms with E-state index in [0.717, 1.165) is 5.69 Å². The molecular weight excluding hydrogens is 291 g/mol. The van der Waals surface area contributed by atoms with Gasteiger partial charge in [0, 0.05) is 24.2 Å². The second-order valence-electron chi connectivity index (χ2n) is 5.75. The Morgan fingerprint density at radius 1 is 1.24 bits per heavy atom. The zero-order chi connectivity index (χ0) is 15.5. The summed E-state index contributed by atoms with van der Waals surface area (Å²) in [5, 5.41) is 3.42. The summed E-state index contributed by atoms with van der Waals surface area (Å²) in [6, 6.07) is 9.80. The maximum Gasteiger partial charge on any atom is 0.219 e. The molecule has 1 aromatic heterocycles. The van der Waals surface area contributed by atoms with Crippen molar-refractivity contribution in [3.63, 3.8) is 0 Å². The van der Waals surface area contributed by atoms with Gasteiger partial charge in [-0.3, -0.25) is 0 Å². The first kappa shape index (κ1) is 15.7. The van der Waals surface area contributed by atoms with Crippen molar-refractivity contribution in [3.8, 4) is 11.6 Å². The highest BCUT2D eigenvalue weighted by molar-refractivity contribution is 6.30. The lowest BCUT2D eigenvalue weighted by Gasteiger charge is -2.20. The molecule has 0 aliphatic carbocycles. The molecule has 1 N–H and O–H groups in total. The Morgan fingerprint density at radius 3 is 2.67 bits per heavy atom. The van der Waals surface area contributed by atoms with Crippen molar-refractivity contribution in [2.75, 3.05) is 0 Å². The van der Waals surface area contributed by atoms with Gasteiger partial charge in [-0.15, -0.1) is 0 Å². The SMILES string of the molecule is CC(C)(C)NCc1cccc(Oc2ccc(Cl)c(F)c2)n1. The topological polar surface area (TPSA) is 34.1 Å². The summed E-state index contributed by atoms with van der Waals surface area (Å²) >= 11 is 5.64. The lowest BCUT2D eigenvalue weighted by atomic mass is 10.1. The van der Waals surface area contributed by atoms with Crippen LogP contribution in [0.15, 0.2) is 36.4 Å². The van der Waals surface area contributed by atoms with Crippen LogP contribution in [0.4, 0.5) is 4.39 Å². The summed E-state index contributed by atoms with van der Waals surface area (Å²) < 4.78 is 18.9. The Balaban J connectivity index is 2.08. The zero-order valence-corrected chi connectivity index (χ0v) is 13.0. The Labute approximate surface area is 129 Å². The molecule has 0 saturated carbocycles. The van der Waals surface area contributed by atoms with E-state index in [2.05, 4.69) is 31.1 Å². The predicted molar refractivity (Wildman–Crippen MR) is 82.3 cm³/mol. The number of hydrogen-bond donors (Lipinski definition) is 1. The molecule has 0 fully saturated rings. The minimum Gasteiger partial charge on any atom is -0.439 e. The van der Waals surface area contributed by atoms with Gasteiger partial charge in [0.2, 0.25) is 5.88 Å². The number of halogens is 2. The van der Waals surface area contributed by atoms with Gasteiger partial charge in [-0.1, -0.05) is 17.7 Å². The van der Waals surface area contributed by atoms with Gasteiger partial charge in [-0.2, -0.15) is 0 Å². The lowest BCUT2D eigenvalue weighted by molar-refractivity contribution is 0.415. The predicted octanol–water partition coefficient (Wildman–Crippen LogP) is 4.55. The van der Waals surface area contributed by atoms with Crippen LogP contribution in [0.25, 0.3) is 0 Å². The highest BCUT2D eigenvalue weighted by atomic mass is 35.5. The van der Waals surface area contributed by atoms with Crippen LogP contribution < -0.4 is 10.1 Å². The molecule has 0 spiro atoms. The Morgan fingerprint density at radius 2 is 2.00 bits per heavy atom. The van der Waals surface area contributed by atoms with Crippen molar-refractivity contribution in [1.82, 2.24) is 10.3 Å². The van der Waals surface area contributed by atoms with Gasteiger partial charge in [0.25, 0.3) is 0 Å². The third kappa shape index (κ3) is 4.99. The number of rotatable bonds is 4. The van der Waals surface area contributed by atoms with Crippen LogP contribution in [0, 0.1) is 5.82 Å². The fourth-order valence-electron chi connectivity index (χ4n) is 1.63. The van der Waals surface area contributed by atoms with Gasteiger partial charge in [0.1, 0.15) is 11.6 Å². The monoisotopic (exact) mass is 308 g/mol. The number of benzene rings is 1. The summed E-state index contributed by atoms with van der Waals surface area (Å²) in [5.74, 6) is 0.273. The van der Waals surface area contributed by atoms with E-state index in [9.17, 15) is 4.39 Å². The molecule has 0 aliphatic rings. The van der Waals surface area contributed by atoms with Gasteiger partial charge in [0.15, 0.2) is 0 Å². The molecule has 0 saturated heterocycles.